The van der Waals surface area contributed by atoms with Crippen LogP contribution in [0.15, 0.2) is 40.9 Å². The van der Waals surface area contributed by atoms with Gasteiger partial charge in [-0.25, -0.2) is 4.39 Å². The van der Waals surface area contributed by atoms with E-state index in [0.717, 1.165) is 15.6 Å². The molecule has 2 aromatic rings. The van der Waals surface area contributed by atoms with Crippen molar-refractivity contribution in [1.29, 1.82) is 0 Å². The number of halogens is 3. The number of rotatable bonds is 4. The molecule has 2 N–H and O–H groups in total. The highest BCUT2D eigenvalue weighted by molar-refractivity contribution is 9.10. The summed E-state index contributed by atoms with van der Waals surface area (Å²) in [6.07, 6.45) is 0. The Hall–Kier alpha value is -1.10. The Morgan fingerprint density at radius 3 is 2.70 bits per heavy atom. The van der Waals surface area contributed by atoms with Crippen LogP contribution in [0, 0.1) is 12.7 Å². The maximum Gasteiger partial charge on any atom is 0.125 e. The minimum absolute atomic E-state index is 0.147. The molecule has 0 aliphatic rings. The van der Waals surface area contributed by atoms with Crippen molar-refractivity contribution >= 4 is 33.2 Å². The maximum absolute atomic E-state index is 13.4. The van der Waals surface area contributed by atoms with E-state index in [-0.39, 0.29) is 12.4 Å². The second kappa shape index (κ2) is 6.57. The predicted octanol–water partition coefficient (Wildman–Crippen LogP) is 4.70. The fourth-order valence-corrected chi connectivity index (χ4v) is 2.65. The normalized spacial score (nSPS) is 12.2. The van der Waals surface area contributed by atoms with Crippen molar-refractivity contribution in [3.8, 4) is 0 Å². The summed E-state index contributed by atoms with van der Waals surface area (Å²) in [5, 5.41) is 13.2. The minimum Gasteiger partial charge on any atom is -0.394 e. The zero-order chi connectivity index (χ0) is 14.7. The van der Waals surface area contributed by atoms with Crippen LogP contribution in [-0.4, -0.2) is 11.7 Å². The standard InChI is InChI=1S/C15H14BrClFNO/c1-9-4-11(18)7-12(5-9)19-15(8-20)13-6-10(16)2-3-14(13)17/h2-7,15,19-20H,8H2,1H3. The summed E-state index contributed by atoms with van der Waals surface area (Å²) in [6, 6.07) is 9.67. The number of hydrogen-bond acceptors (Lipinski definition) is 2. The highest BCUT2D eigenvalue weighted by Crippen LogP contribution is 2.29. The number of hydrogen-bond donors (Lipinski definition) is 2. The SMILES string of the molecule is Cc1cc(F)cc(NC(CO)c2cc(Br)ccc2Cl)c1. The first kappa shape index (κ1) is 15.3. The van der Waals surface area contributed by atoms with Gasteiger partial charge in [0, 0.05) is 15.2 Å². The average molecular weight is 359 g/mol. The molecule has 5 heteroatoms. The fraction of sp³-hybridized carbons (Fsp3) is 0.200. The lowest BCUT2D eigenvalue weighted by atomic mass is 10.1. The molecular weight excluding hydrogens is 345 g/mol. The van der Waals surface area contributed by atoms with E-state index in [9.17, 15) is 9.50 Å². The van der Waals surface area contributed by atoms with E-state index in [4.69, 9.17) is 11.6 Å². The summed E-state index contributed by atoms with van der Waals surface area (Å²) >= 11 is 9.53. The molecule has 0 fully saturated rings. The molecule has 0 aliphatic carbocycles. The fourth-order valence-electron chi connectivity index (χ4n) is 2.02. The second-order valence-electron chi connectivity index (χ2n) is 4.56. The summed E-state index contributed by atoms with van der Waals surface area (Å²) in [4.78, 5) is 0. The molecule has 1 atom stereocenters. The molecule has 0 saturated carbocycles. The highest BCUT2D eigenvalue weighted by atomic mass is 79.9. The monoisotopic (exact) mass is 357 g/mol. The van der Waals surface area contributed by atoms with Crippen LogP contribution in [0.4, 0.5) is 10.1 Å². The molecule has 0 spiro atoms. The summed E-state index contributed by atoms with van der Waals surface area (Å²) in [5.41, 5.74) is 2.17. The van der Waals surface area contributed by atoms with Gasteiger partial charge in [-0.2, -0.15) is 0 Å². The Balaban J connectivity index is 2.31. The van der Waals surface area contributed by atoms with Crippen molar-refractivity contribution in [3.05, 3.63) is 62.8 Å². The first-order valence-electron chi connectivity index (χ1n) is 6.09. The van der Waals surface area contributed by atoms with Gasteiger partial charge in [0.1, 0.15) is 5.82 Å². The third-order valence-electron chi connectivity index (χ3n) is 2.90. The number of aliphatic hydroxyl groups is 1. The average Bonchev–Trinajstić information content (AvgIpc) is 2.38. The molecule has 0 saturated heterocycles. The van der Waals surface area contributed by atoms with Crippen LogP contribution in [0.1, 0.15) is 17.2 Å². The van der Waals surface area contributed by atoms with Crippen LogP contribution in [-0.2, 0) is 0 Å². The number of anilines is 1. The largest absolute Gasteiger partial charge is 0.394 e. The summed E-state index contributed by atoms with van der Waals surface area (Å²) in [6.45, 7) is 1.67. The third kappa shape index (κ3) is 3.72. The van der Waals surface area contributed by atoms with Crippen molar-refractivity contribution in [3.63, 3.8) is 0 Å². The van der Waals surface area contributed by atoms with Gasteiger partial charge >= 0.3 is 0 Å². The van der Waals surface area contributed by atoms with Gasteiger partial charge in [-0.15, -0.1) is 0 Å². The molecule has 20 heavy (non-hydrogen) atoms. The molecule has 2 rings (SSSR count). The van der Waals surface area contributed by atoms with E-state index in [2.05, 4.69) is 21.2 Å². The zero-order valence-corrected chi connectivity index (χ0v) is 13.2. The van der Waals surface area contributed by atoms with E-state index >= 15 is 0 Å². The van der Waals surface area contributed by atoms with Gasteiger partial charge in [0.25, 0.3) is 0 Å². The van der Waals surface area contributed by atoms with Gasteiger partial charge in [-0.3, -0.25) is 0 Å². The Kier molecular flexibility index (Phi) is 5.02. The first-order chi connectivity index (χ1) is 9.49. The smallest absolute Gasteiger partial charge is 0.125 e. The Morgan fingerprint density at radius 1 is 1.30 bits per heavy atom. The quantitative estimate of drug-likeness (QED) is 0.830. The van der Waals surface area contributed by atoms with E-state index in [1.54, 1.807) is 6.07 Å². The molecule has 1 unspecified atom stereocenters. The lowest BCUT2D eigenvalue weighted by molar-refractivity contribution is 0.276. The predicted molar refractivity (Wildman–Crippen MR) is 83.7 cm³/mol. The number of aliphatic hydroxyl groups excluding tert-OH is 1. The topological polar surface area (TPSA) is 32.3 Å². The molecule has 2 aromatic carbocycles. The van der Waals surface area contributed by atoms with Crippen LogP contribution in [0.2, 0.25) is 5.02 Å². The van der Waals surface area contributed by atoms with Gasteiger partial charge < -0.3 is 10.4 Å². The molecule has 0 amide bonds. The van der Waals surface area contributed by atoms with Crippen LogP contribution in [0.3, 0.4) is 0 Å². The Bertz CT molecular complexity index is 601. The van der Waals surface area contributed by atoms with Gasteiger partial charge in [0.05, 0.1) is 12.6 Å². The second-order valence-corrected chi connectivity index (χ2v) is 5.89. The van der Waals surface area contributed by atoms with E-state index in [0.29, 0.717) is 10.7 Å². The Labute approximate surface area is 130 Å². The summed E-state index contributed by atoms with van der Waals surface area (Å²) in [5.74, 6) is -0.315. The number of nitrogens with one attached hydrogen (secondary N) is 1. The highest BCUT2D eigenvalue weighted by Gasteiger charge is 2.15. The molecule has 106 valence electrons. The van der Waals surface area contributed by atoms with Crippen molar-refractivity contribution in [2.75, 3.05) is 11.9 Å². The minimum atomic E-state index is -0.402. The summed E-state index contributed by atoms with van der Waals surface area (Å²) < 4.78 is 14.3. The summed E-state index contributed by atoms with van der Waals surface area (Å²) in [7, 11) is 0. The molecule has 0 aliphatic heterocycles. The number of aryl methyl sites for hydroxylation is 1. The molecule has 0 aromatic heterocycles. The molecule has 0 bridgehead atoms. The van der Waals surface area contributed by atoms with Crippen molar-refractivity contribution < 1.29 is 9.50 Å². The van der Waals surface area contributed by atoms with Crippen LogP contribution >= 0.6 is 27.5 Å². The number of benzene rings is 2. The van der Waals surface area contributed by atoms with E-state index in [1.807, 2.05) is 25.1 Å². The van der Waals surface area contributed by atoms with Crippen LogP contribution < -0.4 is 5.32 Å². The first-order valence-corrected chi connectivity index (χ1v) is 7.26. The van der Waals surface area contributed by atoms with Crippen molar-refractivity contribution in [2.45, 2.75) is 13.0 Å². The molecular formula is C15H14BrClFNO. The van der Waals surface area contributed by atoms with Gasteiger partial charge in [0.2, 0.25) is 0 Å². The van der Waals surface area contributed by atoms with Crippen molar-refractivity contribution in [2.24, 2.45) is 0 Å². The van der Waals surface area contributed by atoms with Gasteiger partial charge in [0.15, 0.2) is 0 Å². The molecule has 2 nitrogen and oxygen atoms in total. The lowest BCUT2D eigenvalue weighted by Crippen LogP contribution is -2.15. The van der Waals surface area contributed by atoms with E-state index in [1.165, 1.54) is 12.1 Å². The van der Waals surface area contributed by atoms with Crippen molar-refractivity contribution in [1.82, 2.24) is 0 Å². The van der Waals surface area contributed by atoms with E-state index < -0.39 is 6.04 Å². The maximum atomic E-state index is 13.4. The van der Waals surface area contributed by atoms with Gasteiger partial charge in [-0.1, -0.05) is 27.5 Å². The zero-order valence-electron chi connectivity index (χ0n) is 10.8. The third-order valence-corrected chi connectivity index (χ3v) is 3.74. The molecule has 0 heterocycles. The van der Waals surface area contributed by atoms with Crippen LogP contribution in [0.5, 0.6) is 0 Å². The lowest BCUT2D eigenvalue weighted by Gasteiger charge is -2.20. The molecule has 0 radical (unpaired) electrons. The Morgan fingerprint density at radius 2 is 2.05 bits per heavy atom. The van der Waals surface area contributed by atoms with Gasteiger partial charge in [-0.05, 0) is 54.4 Å². The van der Waals surface area contributed by atoms with Crippen LogP contribution in [0.25, 0.3) is 0 Å².